The van der Waals surface area contributed by atoms with Gasteiger partial charge in [0.2, 0.25) is 0 Å². The molecule has 171 valence electrons. The van der Waals surface area contributed by atoms with Gasteiger partial charge in [0.25, 0.3) is 0 Å². The molecule has 1 radical (unpaired) electrons. The van der Waals surface area contributed by atoms with Crippen LogP contribution in [0.15, 0.2) is 65.5 Å². The topological polar surface area (TPSA) is 61.4 Å². The van der Waals surface area contributed by atoms with Crippen molar-refractivity contribution in [2.45, 2.75) is 28.7 Å². The molecule has 0 saturated carbocycles. The van der Waals surface area contributed by atoms with Gasteiger partial charge in [0.05, 0.1) is 11.5 Å². The Balaban J connectivity index is 0. The summed E-state index contributed by atoms with van der Waals surface area (Å²) in [5, 5.41) is 8.47. The predicted molar refractivity (Wildman–Crippen MR) is 132 cm³/mol. The van der Waals surface area contributed by atoms with Crippen molar-refractivity contribution >= 4 is 27.7 Å². The molecule has 0 aromatic carbocycles. The molecule has 0 unspecified atom stereocenters. The van der Waals surface area contributed by atoms with Gasteiger partial charge in [-0.25, -0.2) is 9.67 Å². The first kappa shape index (κ1) is 31.4. The second-order valence-electron chi connectivity index (χ2n) is 5.63. The summed E-state index contributed by atoms with van der Waals surface area (Å²) in [4.78, 5) is 8.33. The molecule has 0 atom stereocenters. The number of hydrogen-bond acceptors (Lipinski definition) is 5. The number of hydrogen-bond donors (Lipinski definition) is 0. The molecule has 0 bridgehead atoms. The van der Waals surface area contributed by atoms with Crippen molar-refractivity contribution in [3.05, 3.63) is 83.1 Å². The molecule has 0 aliphatic heterocycles. The molecule has 0 aliphatic rings. The van der Waals surface area contributed by atoms with E-state index in [0.717, 1.165) is 27.6 Å². The average Bonchev–Trinajstić information content (AvgIpc) is 3.29. The second-order valence-corrected chi connectivity index (χ2v) is 7.26. The van der Waals surface area contributed by atoms with Crippen molar-refractivity contribution in [1.82, 2.24) is 29.5 Å². The molecule has 0 saturated heterocycles. The predicted octanol–water partition coefficient (Wildman–Crippen LogP) is 5.96. The van der Waals surface area contributed by atoms with Gasteiger partial charge in [-0.3, -0.25) is 5.10 Å². The van der Waals surface area contributed by atoms with Gasteiger partial charge in [-0.05, 0) is 65.3 Å². The number of nitrogens with zero attached hydrogens (tertiary/aromatic N) is 6. The van der Waals surface area contributed by atoms with Crippen LogP contribution in [0.25, 0.3) is 11.6 Å². The number of aryl methyl sites for hydroxylation is 2. The van der Waals surface area contributed by atoms with Gasteiger partial charge in [0.1, 0.15) is 4.60 Å². The molecular formula is C22H30BrIrN6S-. The summed E-state index contributed by atoms with van der Waals surface area (Å²) in [6, 6.07) is 15.2. The van der Waals surface area contributed by atoms with Crippen molar-refractivity contribution in [2.24, 2.45) is 0 Å². The second kappa shape index (κ2) is 16.8. The number of rotatable bonds is 2. The zero-order chi connectivity index (χ0) is 20.4. The summed E-state index contributed by atoms with van der Waals surface area (Å²) in [7, 11) is 0. The minimum Gasteiger partial charge on any atom is -0.343 e. The molecule has 0 N–H and O–H groups in total. The first-order valence-corrected chi connectivity index (χ1v) is 10.9. The minimum atomic E-state index is 0. The summed E-state index contributed by atoms with van der Waals surface area (Å²) >= 11 is 5.16. The number of halogens is 1. The molecule has 4 rings (SSSR count). The molecule has 0 spiro atoms. The van der Waals surface area contributed by atoms with E-state index in [1.807, 2.05) is 74.9 Å². The minimum absolute atomic E-state index is 0. The maximum absolute atomic E-state index is 4.29. The van der Waals surface area contributed by atoms with Crippen molar-refractivity contribution < 1.29 is 20.1 Å². The van der Waals surface area contributed by atoms with E-state index in [4.69, 9.17) is 0 Å². The fraction of sp³-hybridized carbons (Fsp3) is 0.273. The third-order valence-electron chi connectivity index (χ3n) is 3.17. The summed E-state index contributed by atoms with van der Waals surface area (Å²) in [5.74, 6) is 1.62. The smallest absolute Gasteiger partial charge is 0.154 e. The van der Waals surface area contributed by atoms with Crippen molar-refractivity contribution in [2.75, 3.05) is 12.5 Å². The Bertz CT molecular complexity index is 961. The van der Waals surface area contributed by atoms with Crippen LogP contribution in [0.3, 0.4) is 0 Å². The van der Waals surface area contributed by atoms with E-state index < -0.39 is 0 Å². The van der Waals surface area contributed by atoms with Crippen LogP contribution in [0.4, 0.5) is 0 Å². The number of pyridine rings is 2. The quantitative estimate of drug-likeness (QED) is 0.244. The van der Waals surface area contributed by atoms with E-state index in [1.165, 1.54) is 0 Å². The molecule has 31 heavy (non-hydrogen) atoms. The molecular weight excluding hydrogens is 652 g/mol. The average molecular weight is 683 g/mol. The van der Waals surface area contributed by atoms with Crippen LogP contribution >= 0.6 is 27.7 Å². The van der Waals surface area contributed by atoms with Crippen LogP contribution < -0.4 is 0 Å². The third kappa shape index (κ3) is 10.4. The van der Waals surface area contributed by atoms with Crippen LogP contribution in [-0.4, -0.2) is 42.0 Å². The zero-order valence-corrected chi connectivity index (χ0v) is 21.4. The van der Waals surface area contributed by atoms with Crippen molar-refractivity contribution in [3.8, 4) is 11.6 Å². The van der Waals surface area contributed by atoms with Crippen LogP contribution in [0, 0.1) is 20.0 Å². The number of aromatic nitrogens is 6. The molecule has 9 heteroatoms. The Labute approximate surface area is 212 Å². The Morgan fingerprint density at radius 1 is 0.871 bits per heavy atom. The standard InChI is InChI=1S/C9H8BrN3.C9H8N3.C2H6S.2CH4.Ir/c1-7-6-8(10)13(12-7)9-4-2-3-5-11-9;1-8-5-7-12(11-8)9-4-2-3-6-10-9;1-3-2;;;/h2-6H,1H3;2-6H,1H3;1-2H3;2*1H4;/q;-1;;;;. The molecule has 0 fully saturated rings. The van der Waals surface area contributed by atoms with E-state index in [9.17, 15) is 0 Å². The monoisotopic (exact) mass is 682 g/mol. The van der Waals surface area contributed by atoms with Gasteiger partial charge in [-0.15, -0.1) is 6.07 Å². The van der Waals surface area contributed by atoms with E-state index in [2.05, 4.69) is 42.3 Å². The summed E-state index contributed by atoms with van der Waals surface area (Å²) in [5.41, 5.74) is 1.91. The van der Waals surface area contributed by atoms with E-state index in [1.54, 1.807) is 33.5 Å². The Kier molecular flexibility index (Phi) is 17.0. The SMILES string of the molecule is C.C.CSC.Cc1c[c-]n(-c2ccccn2)n1.Cc1cc(Br)n(-c2ccccn2)n1.[Ir]. The van der Waals surface area contributed by atoms with Gasteiger partial charge in [0.15, 0.2) is 5.82 Å². The van der Waals surface area contributed by atoms with Crippen molar-refractivity contribution in [1.29, 1.82) is 0 Å². The summed E-state index contributed by atoms with van der Waals surface area (Å²) in [6.45, 7) is 3.88. The molecule has 4 aromatic rings. The Morgan fingerprint density at radius 2 is 1.42 bits per heavy atom. The molecule has 4 aromatic heterocycles. The van der Waals surface area contributed by atoms with Crippen LogP contribution in [0.2, 0.25) is 0 Å². The van der Waals surface area contributed by atoms with E-state index in [0.29, 0.717) is 0 Å². The van der Waals surface area contributed by atoms with Gasteiger partial charge >= 0.3 is 0 Å². The van der Waals surface area contributed by atoms with E-state index in [-0.39, 0.29) is 35.0 Å². The first-order valence-electron chi connectivity index (χ1n) is 8.44. The molecule has 6 nitrogen and oxygen atoms in total. The van der Waals surface area contributed by atoms with Gasteiger partial charge in [0, 0.05) is 32.5 Å². The first-order chi connectivity index (χ1) is 13.5. The van der Waals surface area contributed by atoms with Gasteiger partial charge < -0.3 is 9.67 Å². The molecule has 4 heterocycles. The van der Waals surface area contributed by atoms with Crippen LogP contribution in [0.5, 0.6) is 0 Å². The maximum Gasteiger partial charge on any atom is 0.154 e. The van der Waals surface area contributed by atoms with Gasteiger partial charge in [-0.1, -0.05) is 46.2 Å². The fourth-order valence-corrected chi connectivity index (χ4v) is 2.67. The zero-order valence-electron chi connectivity index (χ0n) is 16.6. The van der Waals surface area contributed by atoms with Crippen LogP contribution in [0.1, 0.15) is 26.2 Å². The van der Waals surface area contributed by atoms with E-state index >= 15 is 0 Å². The third-order valence-corrected chi connectivity index (χ3v) is 3.74. The number of thioether (sulfide) groups is 1. The largest absolute Gasteiger partial charge is 0.343 e. The summed E-state index contributed by atoms with van der Waals surface area (Å²) < 4.78 is 4.31. The fourth-order valence-electron chi connectivity index (χ4n) is 2.07. The summed E-state index contributed by atoms with van der Waals surface area (Å²) in [6.07, 6.45) is 10.5. The van der Waals surface area contributed by atoms with Crippen molar-refractivity contribution in [3.63, 3.8) is 0 Å². The Hall–Kier alpha value is -1.80. The van der Waals surface area contributed by atoms with Crippen LogP contribution in [-0.2, 0) is 20.1 Å². The Morgan fingerprint density at radius 3 is 1.81 bits per heavy atom. The maximum atomic E-state index is 4.29. The normalized spacial score (nSPS) is 8.81. The molecule has 0 aliphatic carbocycles. The molecule has 0 amide bonds. The van der Waals surface area contributed by atoms with Gasteiger partial charge in [-0.2, -0.15) is 16.9 Å².